The fourth-order valence-corrected chi connectivity index (χ4v) is 0.452. The van der Waals surface area contributed by atoms with Crippen molar-refractivity contribution in [1.29, 1.82) is 0 Å². The molecule has 0 unspecified atom stereocenters. The Morgan fingerprint density at radius 2 is 2.22 bits per heavy atom. The van der Waals surface area contributed by atoms with Gasteiger partial charge in [-0.1, -0.05) is 12.2 Å². The van der Waals surface area contributed by atoms with Gasteiger partial charge in [0.1, 0.15) is 0 Å². The first-order chi connectivity index (χ1) is 4.31. The fourth-order valence-electron chi connectivity index (χ4n) is 0.452. The van der Waals surface area contributed by atoms with Crippen LogP contribution in [-0.4, -0.2) is 6.47 Å². The van der Waals surface area contributed by atoms with Crippen LogP contribution in [0.4, 0.5) is 4.39 Å². The molecule has 0 atom stereocenters. The van der Waals surface area contributed by atoms with Crippen LogP contribution in [-0.2, 0) is 0 Å². The van der Waals surface area contributed by atoms with Crippen LogP contribution in [0, 0.1) is 0 Å². The van der Waals surface area contributed by atoms with Crippen LogP contribution in [0.2, 0.25) is 0 Å². The van der Waals surface area contributed by atoms with E-state index in [1.165, 1.54) is 6.20 Å². The largest absolute Gasteiger partial charge is 0.235 e. The molecule has 0 radical (unpaired) electrons. The molecule has 0 aromatic rings. The lowest BCUT2D eigenvalue weighted by atomic mass is 10.3. The maximum Gasteiger partial charge on any atom is 0.175 e. The number of nitrogens with zero attached hydrogens (tertiary/aromatic N) is 1. The van der Waals surface area contributed by atoms with Gasteiger partial charge in [-0.3, -0.25) is 0 Å². The fraction of sp³-hybridized carbons (Fsp3) is 0.286. The van der Waals surface area contributed by atoms with Crippen LogP contribution >= 0.6 is 0 Å². The van der Waals surface area contributed by atoms with E-state index < -0.39 is 0 Å². The molecule has 0 amide bonds. The zero-order valence-corrected chi connectivity index (χ0v) is 5.63. The van der Waals surface area contributed by atoms with Gasteiger partial charge in [-0.15, -0.1) is 0 Å². The average Bonchev–Trinajstić information content (AvgIpc) is 1.85. The predicted octanol–water partition coefficient (Wildman–Crippen LogP) is 2.46. The van der Waals surface area contributed by atoms with Crippen molar-refractivity contribution in [2.45, 2.75) is 13.8 Å². The van der Waals surface area contributed by atoms with E-state index in [0.29, 0.717) is 0 Å². The van der Waals surface area contributed by atoms with Crippen LogP contribution in [0.5, 0.6) is 0 Å². The topological polar surface area (TPSA) is 12.4 Å². The number of aliphatic imine (C=N–C) groups is 1. The van der Waals surface area contributed by atoms with Gasteiger partial charge >= 0.3 is 0 Å². The van der Waals surface area contributed by atoms with Gasteiger partial charge in [0.05, 0.1) is 0 Å². The molecule has 0 rings (SSSR count). The summed E-state index contributed by atoms with van der Waals surface area (Å²) in [4.78, 5) is 3.29. The van der Waals surface area contributed by atoms with Crippen LogP contribution in [0.25, 0.3) is 0 Å². The van der Waals surface area contributed by atoms with Gasteiger partial charge in [0.2, 0.25) is 0 Å². The van der Waals surface area contributed by atoms with Gasteiger partial charge in [-0.05, 0) is 19.4 Å². The van der Waals surface area contributed by atoms with Crippen LogP contribution < -0.4 is 0 Å². The molecule has 50 valence electrons. The van der Waals surface area contributed by atoms with E-state index >= 15 is 0 Å². The summed E-state index contributed by atoms with van der Waals surface area (Å²) >= 11 is 0. The summed E-state index contributed by atoms with van der Waals surface area (Å²) in [5, 5.41) is 0. The molecule has 0 saturated heterocycles. The molecule has 9 heavy (non-hydrogen) atoms. The highest BCUT2D eigenvalue weighted by atomic mass is 19.1. The molecule has 0 N–H and O–H groups in total. The third kappa shape index (κ3) is 4.94. The van der Waals surface area contributed by atoms with Gasteiger partial charge in [0, 0.05) is 6.20 Å². The summed E-state index contributed by atoms with van der Waals surface area (Å²) in [6.45, 7) is 4.02. The van der Waals surface area contributed by atoms with E-state index in [1.54, 1.807) is 0 Å². The SMILES string of the molecule is C\C=C/C(C)=C\N=C\F. The van der Waals surface area contributed by atoms with Crippen molar-refractivity contribution < 1.29 is 4.39 Å². The van der Waals surface area contributed by atoms with E-state index in [9.17, 15) is 4.39 Å². The Bertz CT molecular complexity index is 145. The van der Waals surface area contributed by atoms with E-state index in [1.807, 2.05) is 26.0 Å². The molecule has 0 saturated carbocycles. The van der Waals surface area contributed by atoms with Crippen LogP contribution in [0.15, 0.2) is 28.9 Å². The highest BCUT2D eigenvalue weighted by Crippen LogP contribution is 1.93. The summed E-state index contributed by atoms with van der Waals surface area (Å²) < 4.78 is 11.2. The van der Waals surface area contributed by atoms with Gasteiger partial charge in [-0.2, -0.15) is 4.39 Å². The Kier molecular flexibility index (Phi) is 4.69. The Balaban J connectivity index is 3.84. The minimum atomic E-state index is 0.271. The lowest BCUT2D eigenvalue weighted by Gasteiger charge is -1.82. The normalized spacial score (nSPS) is 13.9. The number of allylic oxidation sites excluding steroid dienone is 3. The van der Waals surface area contributed by atoms with Crippen molar-refractivity contribution in [3.05, 3.63) is 23.9 Å². The van der Waals surface area contributed by atoms with E-state index in [-0.39, 0.29) is 6.47 Å². The third-order valence-electron chi connectivity index (χ3n) is 0.764. The molecule has 0 aliphatic rings. The molecule has 0 bridgehead atoms. The summed E-state index contributed by atoms with van der Waals surface area (Å²) in [6.07, 6.45) is 5.19. The first kappa shape index (κ1) is 8.08. The number of rotatable bonds is 2. The summed E-state index contributed by atoms with van der Waals surface area (Å²) in [6, 6.07) is 0. The number of hydrogen-bond donors (Lipinski definition) is 0. The molecule has 0 fully saturated rings. The number of halogens is 1. The maximum atomic E-state index is 11.2. The third-order valence-corrected chi connectivity index (χ3v) is 0.764. The molecule has 0 aliphatic heterocycles. The Morgan fingerprint density at radius 1 is 1.56 bits per heavy atom. The van der Waals surface area contributed by atoms with Crippen molar-refractivity contribution in [3.8, 4) is 0 Å². The van der Waals surface area contributed by atoms with Gasteiger partial charge in [-0.25, -0.2) is 4.99 Å². The summed E-state index contributed by atoms with van der Waals surface area (Å²) in [5.41, 5.74) is 0.936. The van der Waals surface area contributed by atoms with Crippen LogP contribution in [0.1, 0.15) is 13.8 Å². The van der Waals surface area contributed by atoms with Gasteiger partial charge in [0.25, 0.3) is 0 Å². The standard InChI is InChI=1S/C7H10FN/c1-3-4-7(2)5-9-6-8/h3-6H,1-2H3/b4-3-,7-5-,9-6+. The van der Waals surface area contributed by atoms with Crippen molar-refractivity contribution in [1.82, 2.24) is 0 Å². The molecule has 0 heterocycles. The smallest absolute Gasteiger partial charge is 0.175 e. The molecule has 0 aromatic carbocycles. The summed E-state index contributed by atoms with van der Waals surface area (Å²) in [7, 11) is 0. The molecular formula is C7H10FN. The van der Waals surface area contributed by atoms with Crippen molar-refractivity contribution >= 4 is 6.47 Å². The van der Waals surface area contributed by atoms with Crippen LogP contribution in [0.3, 0.4) is 0 Å². The minimum Gasteiger partial charge on any atom is -0.235 e. The van der Waals surface area contributed by atoms with E-state index in [2.05, 4.69) is 4.99 Å². The van der Waals surface area contributed by atoms with Gasteiger partial charge < -0.3 is 0 Å². The quantitative estimate of drug-likeness (QED) is 0.399. The molecular weight excluding hydrogens is 117 g/mol. The first-order valence-corrected chi connectivity index (χ1v) is 2.72. The first-order valence-electron chi connectivity index (χ1n) is 2.72. The monoisotopic (exact) mass is 127 g/mol. The van der Waals surface area contributed by atoms with Crippen molar-refractivity contribution in [2.24, 2.45) is 4.99 Å². The lowest BCUT2D eigenvalue weighted by Crippen LogP contribution is -1.63. The molecule has 2 heteroatoms. The highest BCUT2D eigenvalue weighted by molar-refractivity contribution is 5.45. The van der Waals surface area contributed by atoms with E-state index in [0.717, 1.165) is 5.57 Å². The number of hydrogen-bond acceptors (Lipinski definition) is 1. The van der Waals surface area contributed by atoms with Gasteiger partial charge in [0.15, 0.2) is 6.47 Å². The van der Waals surface area contributed by atoms with Crippen molar-refractivity contribution in [3.63, 3.8) is 0 Å². The summed E-state index contributed by atoms with van der Waals surface area (Å²) in [5.74, 6) is 0. The Hall–Kier alpha value is -0.920. The zero-order chi connectivity index (χ0) is 7.11. The second-order valence-electron chi connectivity index (χ2n) is 1.62. The molecule has 0 aromatic heterocycles. The molecule has 0 aliphatic carbocycles. The van der Waals surface area contributed by atoms with Crippen molar-refractivity contribution in [2.75, 3.05) is 0 Å². The highest BCUT2D eigenvalue weighted by Gasteiger charge is 1.74. The zero-order valence-electron chi connectivity index (χ0n) is 5.63. The second-order valence-corrected chi connectivity index (χ2v) is 1.62. The Labute approximate surface area is 54.6 Å². The van der Waals surface area contributed by atoms with E-state index in [4.69, 9.17) is 0 Å². The average molecular weight is 127 g/mol. The molecule has 1 nitrogen and oxygen atoms in total. The molecule has 0 spiro atoms. The lowest BCUT2D eigenvalue weighted by molar-refractivity contribution is 0.841. The minimum absolute atomic E-state index is 0.271. The maximum absolute atomic E-state index is 11.2. The Morgan fingerprint density at radius 3 is 2.67 bits per heavy atom. The predicted molar refractivity (Wildman–Crippen MR) is 38.2 cm³/mol. The second kappa shape index (κ2) is 5.22.